The van der Waals surface area contributed by atoms with Crippen molar-refractivity contribution in [3.8, 4) is 0 Å². The van der Waals surface area contributed by atoms with E-state index in [4.69, 9.17) is 0 Å². The molecule has 3 aromatic rings. The molecule has 200 valence electrons. The second kappa shape index (κ2) is 10.4. The number of piperazine rings is 1. The van der Waals surface area contributed by atoms with Gasteiger partial charge in [0, 0.05) is 49.8 Å². The van der Waals surface area contributed by atoms with Crippen LogP contribution in [0.4, 0.5) is 21.7 Å². The number of rotatable bonds is 6. The van der Waals surface area contributed by atoms with Crippen LogP contribution in [0.1, 0.15) is 13.8 Å². The third-order valence-electron chi connectivity index (χ3n) is 6.64. The summed E-state index contributed by atoms with van der Waals surface area (Å²) in [5, 5.41) is 19.8. The van der Waals surface area contributed by atoms with E-state index in [2.05, 4.69) is 43.8 Å². The van der Waals surface area contributed by atoms with Gasteiger partial charge in [0.15, 0.2) is 17.7 Å². The Morgan fingerprint density at radius 3 is 2.71 bits per heavy atom. The van der Waals surface area contributed by atoms with Crippen molar-refractivity contribution in [2.45, 2.75) is 32.7 Å². The van der Waals surface area contributed by atoms with Crippen molar-refractivity contribution in [2.24, 2.45) is 5.10 Å². The van der Waals surface area contributed by atoms with Crippen LogP contribution >= 0.6 is 0 Å². The molecule has 0 spiro atoms. The van der Waals surface area contributed by atoms with Gasteiger partial charge >= 0.3 is 0 Å². The molecule has 2 aromatic heterocycles. The number of nitrogens with one attached hydrogen (secondary N) is 1. The van der Waals surface area contributed by atoms with Gasteiger partial charge in [0.2, 0.25) is 5.95 Å². The summed E-state index contributed by atoms with van der Waals surface area (Å²) in [5.41, 5.74) is 1.31. The molecule has 0 saturated carbocycles. The van der Waals surface area contributed by atoms with E-state index in [1.165, 1.54) is 28.0 Å². The first-order valence-corrected chi connectivity index (χ1v) is 12.6. The maximum absolute atomic E-state index is 14.6. The Kier molecular flexibility index (Phi) is 7.00. The van der Waals surface area contributed by atoms with Gasteiger partial charge in [-0.1, -0.05) is 6.08 Å². The summed E-state index contributed by atoms with van der Waals surface area (Å²) in [6, 6.07) is 4.70. The zero-order chi connectivity index (χ0) is 27.0. The molecular weight excluding hydrogens is 489 g/mol. The number of aliphatic hydroxyl groups excluding tert-OH is 1. The summed E-state index contributed by atoms with van der Waals surface area (Å²) >= 11 is 0. The van der Waals surface area contributed by atoms with Gasteiger partial charge < -0.3 is 20.2 Å². The summed E-state index contributed by atoms with van der Waals surface area (Å²) < 4.78 is 17.6. The topological polar surface area (TPSA) is 107 Å². The SMILES string of the molecule is C=CCn1c(=O)c2cnc(Nc3cc(F)cc(N4CCN(C)CC4)c3)nc2n1C1=NN(C(C)C)C(O)C=C1. The van der Waals surface area contributed by atoms with E-state index in [0.29, 0.717) is 22.6 Å². The minimum absolute atomic E-state index is 0.0827. The van der Waals surface area contributed by atoms with Crippen LogP contribution in [0, 0.1) is 5.82 Å². The first kappa shape index (κ1) is 25.6. The molecule has 2 N–H and O–H groups in total. The molecule has 0 aliphatic carbocycles. The van der Waals surface area contributed by atoms with Crippen molar-refractivity contribution < 1.29 is 9.50 Å². The maximum atomic E-state index is 14.6. The number of nitrogens with zero attached hydrogens (tertiary/aromatic N) is 8. The lowest BCUT2D eigenvalue weighted by atomic mass is 10.2. The molecule has 1 fully saturated rings. The van der Waals surface area contributed by atoms with Gasteiger partial charge in [-0.3, -0.25) is 9.80 Å². The van der Waals surface area contributed by atoms with E-state index >= 15 is 0 Å². The number of aliphatic hydroxyl groups is 1. The number of likely N-dealkylation sites (N-methyl/N-ethyl adjacent to an activating group) is 1. The number of fused-ring (bicyclic) bond motifs is 1. The summed E-state index contributed by atoms with van der Waals surface area (Å²) in [6.07, 6.45) is 5.43. The third-order valence-corrected chi connectivity index (χ3v) is 6.64. The predicted molar refractivity (Wildman–Crippen MR) is 146 cm³/mol. The lowest BCUT2D eigenvalue weighted by Gasteiger charge is -2.34. The van der Waals surface area contributed by atoms with Gasteiger partial charge in [-0.25, -0.2) is 18.7 Å². The Morgan fingerprint density at radius 2 is 2.00 bits per heavy atom. The zero-order valence-corrected chi connectivity index (χ0v) is 21.7. The zero-order valence-electron chi connectivity index (χ0n) is 21.7. The minimum Gasteiger partial charge on any atom is -0.369 e. The smallest absolute Gasteiger partial charge is 0.278 e. The molecule has 0 amide bonds. The fourth-order valence-corrected chi connectivity index (χ4v) is 4.64. The molecule has 1 saturated heterocycles. The quantitative estimate of drug-likeness (QED) is 0.476. The Labute approximate surface area is 219 Å². The van der Waals surface area contributed by atoms with Crippen molar-refractivity contribution in [1.29, 1.82) is 0 Å². The van der Waals surface area contributed by atoms with E-state index in [0.717, 1.165) is 31.9 Å². The van der Waals surface area contributed by atoms with Crippen LogP contribution in [0.3, 0.4) is 0 Å². The van der Waals surface area contributed by atoms with Crippen LogP contribution in [-0.4, -0.2) is 85.7 Å². The first-order valence-electron chi connectivity index (χ1n) is 12.6. The van der Waals surface area contributed by atoms with Crippen LogP contribution in [0.25, 0.3) is 11.0 Å². The number of hydrogen-bond acceptors (Lipinski definition) is 9. The summed E-state index contributed by atoms with van der Waals surface area (Å²) in [7, 11) is 2.07. The highest BCUT2D eigenvalue weighted by Gasteiger charge is 2.24. The number of halogens is 1. The lowest BCUT2D eigenvalue weighted by molar-refractivity contribution is 0.0188. The number of aromatic nitrogens is 4. The van der Waals surface area contributed by atoms with E-state index in [1.807, 2.05) is 19.9 Å². The van der Waals surface area contributed by atoms with Crippen LogP contribution in [0.15, 0.2) is 59.1 Å². The molecule has 0 radical (unpaired) electrons. The average Bonchev–Trinajstić information content (AvgIpc) is 3.15. The van der Waals surface area contributed by atoms with E-state index in [-0.39, 0.29) is 29.9 Å². The molecule has 11 nitrogen and oxygen atoms in total. The molecule has 1 atom stereocenters. The molecule has 38 heavy (non-hydrogen) atoms. The van der Waals surface area contributed by atoms with Crippen molar-refractivity contribution in [2.75, 3.05) is 43.4 Å². The molecule has 5 rings (SSSR count). The number of anilines is 3. The normalized spacial score (nSPS) is 18.4. The van der Waals surface area contributed by atoms with E-state index in [1.54, 1.807) is 22.9 Å². The molecule has 1 unspecified atom stereocenters. The summed E-state index contributed by atoms with van der Waals surface area (Å²) in [5.74, 6) is 0.247. The highest BCUT2D eigenvalue weighted by atomic mass is 19.1. The second-order valence-electron chi connectivity index (χ2n) is 9.74. The van der Waals surface area contributed by atoms with Crippen LogP contribution in [0.2, 0.25) is 0 Å². The van der Waals surface area contributed by atoms with Gasteiger partial charge in [0.1, 0.15) is 11.2 Å². The average molecular weight is 522 g/mol. The fraction of sp³-hybridized carbons (Fsp3) is 0.385. The minimum atomic E-state index is -0.880. The van der Waals surface area contributed by atoms with Crippen LogP contribution < -0.4 is 15.8 Å². The molecule has 2 aliphatic rings. The monoisotopic (exact) mass is 521 g/mol. The predicted octanol–water partition coefficient (Wildman–Crippen LogP) is 2.17. The van der Waals surface area contributed by atoms with Gasteiger partial charge in [0.25, 0.3) is 5.56 Å². The first-order chi connectivity index (χ1) is 18.2. The fourth-order valence-electron chi connectivity index (χ4n) is 4.64. The molecule has 0 bridgehead atoms. The highest BCUT2D eigenvalue weighted by Crippen LogP contribution is 2.25. The molecule has 1 aromatic carbocycles. The van der Waals surface area contributed by atoms with Gasteiger partial charge in [-0.05, 0) is 51.2 Å². The Balaban J connectivity index is 1.54. The Hall–Kier alpha value is -4.03. The van der Waals surface area contributed by atoms with Crippen molar-refractivity contribution >= 4 is 34.2 Å². The van der Waals surface area contributed by atoms with Crippen molar-refractivity contribution in [1.82, 2.24) is 29.2 Å². The van der Waals surface area contributed by atoms with E-state index < -0.39 is 6.23 Å². The second-order valence-corrected chi connectivity index (χ2v) is 9.74. The Bertz CT molecular complexity index is 1470. The van der Waals surface area contributed by atoms with Crippen molar-refractivity contribution in [3.05, 3.63) is 65.4 Å². The largest absolute Gasteiger partial charge is 0.369 e. The number of allylic oxidation sites excluding steroid dienone is 2. The van der Waals surface area contributed by atoms with Crippen LogP contribution in [-0.2, 0) is 6.54 Å². The number of hydrazone groups is 1. The summed E-state index contributed by atoms with van der Waals surface area (Å²) in [4.78, 5) is 26.6. The Morgan fingerprint density at radius 1 is 1.24 bits per heavy atom. The molecule has 4 heterocycles. The van der Waals surface area contributed by atoms with Crippen molar-refractivity contribution in [3.63, 3.8) is 0 Å². The third kappa shape index (κ3) is 4.92. The van der Waals surface area contributed by atoms with E-state index in [9.17, 15) is 14.3 Å². The molecular formula is C26H32FN9O2. The highest BCUT2D eigenvalue weighted by molar-refractivity contribution is 5.99. The maximum Gasteiger partial charge on any atom is 0.278 e. The standard InChI is InChI=1S/C26H32FN9O2/c1-5-8-34-25(38)21-16-28-26(30-24(21)36(34)22-6-7-23(37)35(31-22)17(2)3)29-19-13-18(27)14-20(15-19)33-11-9-32(4)10-12-33/h5-7,13-17,23,37H,1,8-12H2,2-4H3,(H,28,29,30). The van der Waals surface area contributed by atoms with Gasteiger partial charge in [0.05, 0.1) is 6.54 Å². The lowest BCUT2D eigenvalue weighted by Crippen LogP contribution is -2.44. The number of benzene rings is 1. The van der Waals surface area contributed by atoms with Gasteiger partial charge in [-0.15, -0.1) is 6.58 Å². The molecule has 2 aliphatic heterocycles. The van der Waals surface area contributed by atoms with Crippen LogP contribution in [0.5, 0.6) is 0 Å². The van der Waals surface area contributed by atoms with Gasteiger partial charge in [-0.2, -0.15) is 10.1 Å². The number of hydrogen-bond donors (Lipinski definition) is 2. The summed E-state index contributed by atoms with van der Waals surface area (Å²) in [6.45, 7) is 11.2. The molecule has 12 heteroatoms.